The molecular weight excluding hydrogens is 322 g/mol. The zero-order valence-electron chi connectivity index (χ0n) is 13.8. The predicted octanol–water partition coefficient (Wildman–Crippen LogP) is 2.14. The highest BCUT2D eigenvalue weighted by atomic mass is 32.2. The number of hydrogen-bond donors (Lipinski definition) is 3. The molecule has 0 radical (unpaired) electrons. The van der Waals surface area contributed by atoms with Crippen molar-refractivity contribution in [3.8, 4) is 0 Å². The normalized spacial score (nSPS) is 20.9. The smallest absolute Gasteiger partial charge is 0.227 e. The molecule has 0 aromatic heterocycles. The largest absolute Gasteiger partial charge is 0.352 e. The summed E-state index contributed by atoms with van der Waals surface area (Å²) in [6, 6.07) is 7.98. The molecule has 1 saturated heterocycles. The van der Waals surface area contributed by atoms with E-state index < -0.39 is 0 Å². The molecule has 1 atom stereocenters. The summed E-state index contributed by atoms with van der Waals surface area (Å²) in [5.41, 5.74) is 1.81. The van der Waals surface area contributed by atoms with Crippen molar-refractivity contribution >= 4 is 29.3 Å². The lowest BCUT2D eigenvalue weighted by molar-refractivity contribution is -0.122. The van der Waals surface area contributed by atoms with Gasteiger partial charge in [-0.15, -0.1) is 0 Å². The van der Waals surface area contributed by atoms with Crippen LogP contribution in [0.3, 0.4) is 0 Å². The first kappa shape index (κ1) is 17.3. The van der Waals surface area contributed by atoms with Gasteiger partial charge in [0.1, 0.15) is 0 Å². The van der Waals surface area contributed by atoms with E-state index >= 15 is 0 Å². The summed E-state index contributed by atoms with van der Waals surface area (Å²) < 4.78 is 0. The Morgan fingerprint density at radius 1 is 1.29 bits per heavy atom. The maximum atomic E-state index is 12.1. The van der Waals surface area contributed by atoms with Crippen molar-refractivity contribution in [3.63, 3.8) is 0 Å². The molecule has 3 N–H and O–H groups in total. The highest BCUT2D eigenvalue weighted by molar-refractivity contribution is 7.99. The maximum absolute atomic E-state index is 12.1. The van der Waals surface area contributed by atoms with E-state index in [0.29, 0.717) is 13.0 Å². The van der Waals surface area contributed by atoms with Crippen molar-refractivity contribution in [2.24, 2.45) is 5.92 Å². The van der Waals surface area contributed by atoms with Crippen LogP contribution in [0.15, 0.2) is 24.3 Å². The number of anilines is 1. The number of hydrogen-bond acceptors (Lipinski definition) is 4. The van der Waals surface area contributed by atoms with Gasteiger partial charge in [-0.3, -0.25) is 9.59 Å². The highest BCUT2D eigenvalue weighted by Gasteiger charge is 2.25. The van der Waals surface area contributed by atoms with Gasteiger partial charge in [0.15, 0.2) is 0 Å². The molecule has 1 aliphatic carbocycles. The van der Waals surface area contributed by atoms with Gasteiger partial charge in [0.25, 0.3) is 0 Å². The lowest BCUT2D eigenvalue weighted by Gasteiger charge is -2.24. The third kappa shape index (κ3) is 4.98. The van der Waals surface area contributed by atoms with Crippen LogP contribution in [0.1, 0.15) is 31.2 Å². The average molecular weight is 347 g/mol. The van der Waals surface area contributed by atoms with Crippen LogP contribution in [0.4, 0.5) is 5.69 Å². The molecule has 6 heteroatoms. The van der Waals surface area contributed by atoms with Crippen LogP contribution in [0.25, 0.3) is 0 Å². The Hall–Kier alpha value is -1.53. The van der Waals surface area contributed by atoms with E-state index in [0.717, 1.165) is 48.6 Å². The van der Waals surface area contributed by atoms with Gasteiger partial charge in [-0.2, -0.15) is 11.8 Å². The fraction of sp³-hybridized carbons (Fsp3) is 0.556. The van der Waals surface area contributed by atoms with Crippen LogP contribution in [-0.4, -0.2) is 35.9 Å². The molecule has 5 nitrogen and oxygen atoms in total. The number of thioether (sulfide) groups is 1. The molecule has 2 fully saturated rings. The molecule has 0 bridgehead atoms. The van der Waals surface area contributed by atoms with Gasteiger partial charge in [-0.1, -0.05) is 18.6 Å². The number of nitrogens with one attached hydrogen (secondary N) is 3. The first-order chi connectivity index (χ1) is 11.7. The minimum atomic E-state index is 0.0684. The molecule has 1 saturated carbocycles. The Morgan fingerprint density at radius 3 is 2.88 bits per heavy atom. The van der Waals surface area contributed by atoms with Crippen LogP contribution in [0.2, 0.25) is 0 Å². The van der Waals surface area contributed by atoms with Gasteiger partial charge >= 0.3 is 0 Å². The van der Waals surface area contributed by atoms with Crippen molar-refractivity contribution in [3.05, 3.63) is 29.8 Å². The van der Waals surface area contributed by atoms with Crippen molar-refractivity contribution in [2.45, 2.75) is 38.3 Å². The van der Waals surface area contributed by atoms with Crippen molar-refractivity contribution < 1.29 is 9.59 Å². The molecule has 24 heavy (non-hydrogen) atoms. The number of rotatable bonds is 6. The number of amides is 2. The lowest BCUT2D eigenvalue weighted by Crippen LogP contribution is -2.41. The van der Waals surface area contributed by atoms with Crippen LogP contribution < -0.4 is 16.0 Å². The van der Waals surface area contributed by atoms with E-state index in [1.54, 1.807) is 0 Å². The highest BCUT2D eigenvalue weighted by Crippen LogP contribution is 2.27. The third-order valence-electron chi connectivity index (χ3n) is 4.59. The molecule has 3 rings (SSSR count). The first-order valence-electron chi connectivity index (χ1n) is 8.68. The second-order valence-corrected chi connectivity index (χ2v) is 7.67. The molecule has 2 amide bonds. The Bertz CT molecular complexity index is 583. The Balaban J connectivity index is 1.45. The van der Waals surface area contributed by atoms with E-state index in [1.165, 1.54) is 0 Å². The molecule has 2 aliphatic rings. The van der Waals surface area contributed by atoms with Gasteiger partial charge < -0.3 is 16.0 Å². The molecule has 1 aliphatic heterocycles. The van der Waals surface area contributed by atoms with Crippen LogP contribution in [0, 0.1) is 5.92 Å². The fourth-order valence-corrected chi connectivity index (χ4v) is 3.87. The minimum Gasteiger partial charge on any atom is -0.352 e. The summed E-state index contributed by atoms with van der Waals surface area (Å²) in [7, 11) is 0. The molecule has 0 spiro atoms. The molecule has 1 unspecified atom stereocenters. The second-order valence-electron chi connectivity index (χ2n) is 6.52. The zero-order chi connectivity index (χ0) is 16.8. The Labute approximate surface area is 147 Å². The van der Waals surface area contributed by atoms with E-state index in [1.807, 2.05) is 36.0 Å². The second kappa shape index (κ2) is 8.53. The van der Waals surface area contributed by atoms with Crippen LogP contribution in [-0.2, 0) is 16.1 Å². The predicted molar refractivity (Wildman–Crippen MR) is 98.0 cm³/mol. The summed E-state index contributed by atoms with van der Waals surface area (Å²) in [6.07, 6.45) is 3.66. The Morgan fingerprint density at radius 2 is 2.17 bits per heavy atom. The van der Waals surface area contributed by atoms with E-state index in [4.69, 9.17) is 0 Å². The summed E-state index contributed by atoms with van der Waals surface area (Å²) >= 11 is 1.89. The van der Waals surface area contributed by atoms with Crippen molar-refractivity contribution in [1.82, 2.24) is 10.6 Å². The third-order valence-corrected chi connectivity index (χ3v) is 5.72. The Kier molecular flexibility index (Phi) is 6.15. The van der Waals surface area contributed by atoms with E-state index in [9.17, 15) is 9.59 Å². The molecule has 1 heterocycles. The summed E-state index contributed by atoms with van der Waals surface area (Å²) in [4.78, 5) is 24.1. The van der Waals surface area contributed by atoms with Gasteiger partial charge in [0.2, 0.25) is 11.8 Å². The molecule has 1 aromatic rings. The van der Waals surface area contributed by atoms with Gasteiger partial charge in [-0.25, -0.2) is 0 Å². The van der Waals surface area contributed by atoms with E-state index in [2.05, 4.69) is 16.0 Å². The van der Waals surface area contributed by atoms with Crippen molar-refractivity contribution in [1.29, 1.82) is 0 Å². The topological polar surface area (TPSA) is 70.2 Å². The molecular formula is C18H25N3O2S. The summed E-state index contributed by atoms with van der Waals surface area (Å²) in [5.74, 6) is 2.48. The van der Waals surface area contributed by atoms with Crippen molar-refractivity contribution in [2.75, 3.05) is 23.4 Å². The fourth-order valence-electron chi connectivity index (χ4n) is 2.92. The number of carbonyl (C=O) groups excluding carboxylic acids is 2. The monoisotopic (exact) mass is 347 g/mol. The van der Waals surface area contributed by atoms with Gasteiger partial charge in [-0.05, 0) is 30.5 Å². The summed E-state index contributed by atoms with van der Waals surface area (Å²) in [6.45, 7) is 1.47. The number of carbonyl (C=O) groups is 2. The van der Waals surface area contributed by atoms with E-state index in [-0.39, 0.29) is 23.8 Å². The molecule has 1 aromatic carbocycles. The molecule has 130 valence electrons. The van der Waals surface area contributed by atoms with Crippen LogP contribution >= 0.6 is 11.8 Å². The lowest BCUT2D eigenvalue weighted by atomic mass is 9.85. The van der Waals surface area contributed by atoms with Gasteiger partial charge in [0.05, 0.1) is 0 Å². The van der Waals surface area contributed by atoms with Gasteiger partial charge in [0, 0.05) is 48.7 Å². The average Bonchev–Trinajstić information content (AvgIpc) is 2.52. The maximum Gasteiger partial charge on any atom is 0.227 e. The quantitative estimate of drug-likeness (QED) is 0.737. The standard InChI is InChI=1S/C18H25N3O2S/c22-17(10-16-12-24-8-7-19-16)20-11-13-3-1-6-15(9-13)21-18(23)14-4-2-5-14/h1,3,6,9,14,16,19H,2,4-5,7-8,10-12H2,(H,20,22)(H,21,23). The summed E-state index contributed by atoms with van der Waals surface area (Å²) in [5, 5.41) is 9.32. The number of benzene rings is 1. The van der Waals surface area contributed by atoms with Crippen LogP contribution in [0.5, 0.6) is 0 Å². The first-order valence-corrected chi connectivity index (χ1v) is 9.84. The zero-order valence-corrected chi connectivity index (χ0v) is 14.7. The minimum absolute atomic E-state index is 0.0684. The SMILES string of the molecule is O=C(CC1CSCCN1)NCc1cccc(NC(=O)C2CCC2)c1.